The predicted octanol–water partition coefficient (Wildman–Crippen LogP) is 4.59. The molecule has 0 saturated heterocycles. The maximum atomic E-state index is 5.86. The molecule has 112 valence electrons. The molecule has 22 heavy (non-hydrogen) atoms. The molecule has 0 bridgehead atoms. The molecule has 1 heterocycles. The Bertz CT molecular complexity index is 782. The maximum absolute atomic E-state index is 5.86. The van der Waals surface area contributed by atoms with E-state index in [-0.39, 0.29) is 6.61 Å². The molecule has 0 N–H and O–H groups in total. The quantitative estimate of drug-likeness (QED) is 0.707. The van der Waals surface area contributed by atoms with Crippen molar-refractivity contribution in [1.29, 1.82) is 0 Å². The molecule has 2 aromatic carbocycles. The molecule has 0 unspecified atom stereocenters. The first-order chi connectivity index (χ1) is 10.6. The molecule has 0 radical (unpaired) electrons. The number of halogens is 1. The minimum Gasteiger partial charge on any atom is -0.484 e. The second kappa shape index (κ2) is 6.20. The molecule has 5 heteroatoms. The fourth-order valence-electron chi connectivity index (χ4n) is 1.97. The highest BCUT2D eigenvalue weighted by atomic mass is 35.5. The summed E-state index contributed by atoms with van der Waals surface area (Å²) in [5.41, 5.74) is 3.24. The molecular weight excluding hydrogens is 300 g/mol. The van der Waals surface area contributed by atoms with Crippen molar-refractivity contribution in [2.75, 3.05) is 0 Å². The van der Waals surface area contributed by atoms with E-state index >= 15 is 0 Å². The first kappa shape index (κ1) is 14.6. The summed E-state index contributed by atoms with van der Waals surface area (Å²) >= 11 is 5.86. The lowest BCUT2D eigenvalue weighted by Gasteiger charge is -2.05. The summed E-state index contributed by atoms with van der Waals surface area (Å²) in [6.07, 6.45) is 0. The van der Waals surface area contributed by atoms with E-state index in [4.69, 9.17) is 20.8 Å². The van der Waals surface area contributed by atoms with Gasteiger partial charge in [0.1, 0.15) is 5.75 Å². The van der Waals surface area contributed by atoms with Gasteiger partial charge in [-0.25, -0.2) is 0 Å². The molecule has 0 aliphatic heterocycles. The third-order valence-electron chi connectivity index (χ3n) is 3.40. The first-order valence-corrected chi connectivity index (χ1v) is 7.28. The lowest BCUT2D eigenvalue weighted by molar-refractivity contribution is 0.264. The second-order valence-electron chi connectivity index (χ2n) is 5.04. The van der Waals surface area contributed by atoms with Crippen LogP contribution >= 0.6 is 11.6 Å². The van der Waals surface area contributed by atoms with Gasteiger partial charge in [-0.2, -0.15) is 0 Å². The van der Waals surface area contributed by atoms with E-state index in [1.165, 1.54) is 11.1 Å². The van der Waals surface area contributed by atoms with Gasteiger partial charge in [-0.05, 0) is 61.4 Å². The molecule has 0 aliphatic carbocycles. The molecule has 0 saturated carbocycles. The normalized spacial score (nSPS) is 10.7. The fourth-order valence-corrected chi connectivity index (χ4v) is 2.10. The van der Waals surface area contributed by atoms with E-state index in [0.29, 0.717) is 16.8 Å². The number of hydrogen-bond acceptors (Lipinski definition) is 4. The van der Waals surface area contributed by atoms with E-state index in [0.717, 1.165) is 11.3 Å². The van der Waals surface area contributed by atoms with Gasteiger partial charge < -0.3 is 9.15 Å². The van der Waals surface area contributed by atoms with Crippen molar-refractivity contribution in [3.63, 3.8) is 0 Å². The highest BCUT2D eigenvalue weighted by molar-refractivity contribution is 6.30. The van der Waals surface area contributed by atoms with E-state index in [9.17, 15) is 0 Å². The zero-order valence-corrected chi connectivity index (χ0v) is 13.1. The van der Waals surface area contributed by atoms with E-state index in [2.05, 4.69) is 17.1 Å². The molecule has 3 rings (SSSR count). The Labute approximate surface area is 133 Å². The van der Waals surface area contributed by atoms with Gasteiger partial charge in [0.15, 0.2) is 6.61 Å². The highest BCUT2D eigenvalue weighted by Gasteiger charge is 2.09. The zero-order chi connectivity index (χ0) is 15.5. The van der Waals surface area contributed by atoms with Crippen molar-refractivity contribution >= 4 is 11.6 Å². The van der Waals surface area contributed by atoms with Crippen LogP contribution in [0.5, 0.6) is 5.75 Å². The van der Waals surface area contributed by atoms with E-state index < -0.39 is 0 Å². The standard InChI is InChI=1S/C17H15ClN2O2/c1-11-3-8-15(9-12(11)2)21-10-16-19-20-17(22-16)13-4-6-14(18)7-5-13/h3-9H,10H2,1-2H3. The van der Waals surface area contributed by atoms with Gasteiger partial charge in [0.25, 0.3) is 5.89 Å². The topological polar surface area (TPSA) is 48.2 Å². The number of aromatic nitrogens is 2. The van der Waals surface area contributed by atoms with Crippen LogP contribution in [0.25, 0.3) is 11.5 Å². The molecule has 3 aromatic rings. The third-order valence-corrected chi connectivity index (χ3v) is 3.65. The minimum atomic E-state index is 0.239. The maximum Gasteiger partial charge on any atom is 0.254 e. The summed E-state index contributed by atoms with van der Waals surface area (Å²) in [7, 11) is 0. The van der Waals surface area contributed by atoms with Crippen molar-refractivity contribution in [3.8, 4) is 17.2 Å². The van der Waals surface area contributed by atoms with Crippen molar-refractivity contribution < 1.29 is 9.15 Å². The van der Waals surface area contributed by atoms with Gasteiger partial charge in [-0.15, -0.1) is 10.2 Å². The summed E-state index contributed by atoms with van der Waals surface area (Å²) in [6.45, 7) is 4.35. The molecule has 0 spiro atoms. The number of benzene rings is 2. The first-order valence-electron chi connectivity index (χ1n) is 6.90. The number of aryl methyl sites for hydroxylation is 2. The van der Waals surface area contributed by atoms with Gasteiger partial charge in [0.2, 0.25) is 5.89 Å². The summed E-state index contributed by atoms with van der Waals surface area (Å²) < 4.78 is 11.3. The lowest BCUT2D eigenvalue weighted by atomic mass is 10.1. The summed E-state index contributed by atoms with van der Waals surface area (Å²) in [6, 6.07) is 13.2. The number of ether oxygens (including phenoxy) is 1. The smallest absolute Gasteiger partial charge is 0.254 e. The van der Waals surface area contributed by atoms with E-state index in [1.54, 1.807) is 12.1 Å². The molecule has 4 nitrogen and oxygen atoms in total. The Morgan fingerprint density at radius 3 is 2.50 bits per heavy atom. The number of hydrogen-bond donors (Lipinski definition) is 0. The zero-order valence-electron chi connectivity index (χ0n) is 12.3. The molecule has 1 aromatic heterocycles. The SMILES string of the molecule is Cc1ccc(OCc2nnc(-c3ccc(Cl)cc3)o2)cc1C. The summed E-state index contributed by atoms with van der Waals surface area (Å²) in [5.74, 6) is 1.67. The van der Waals surface area contributed by atoms with Gasteiger partial charge in [-0.1, -0.05) is 17.7 Å². The Balaban J connectivity index is 1.69. The average molecular weight is 315 g/mol. The molecular formula is C17H15ClN2O2. The predicted molar refractivity (Wildman–Crippen MR) is 85.0 cm³/mol. The van der Waals surface area contributed by atoms with Crippen molar-refractivity contribution in [3.05, 3.63) is 64.5 Å². The Hall–Kier alpha value is -2.33. The van der Waals surface area contributed by atoms with Crippen LogP contribution in [0.1, 0.15) is 17.0 Å². The van der Waals surface area contributed by atoms with Crippen molar-refractivity contribution in [1.82, 2.24) is 10.2 Å². The summed E-state index contributed by atoms with van der Waals surface area (Å²) in [5, 5.41) is 8.68. The van der Waals surface area contributed by atoms with Crippen molar-refractivity contribution in [2.24, 2.45) is 0 Å². The van der Waals surface area contributed by atoms with Gasteiger partial charge in [0, 0.05) is 10.6 Å². The van der Waals surface area contributed by atoms with Crippen molar-refractivity contribution in [2.45, 2.75) is 20.5 Å². The van der Waals surface area contributed by atoms with Crippen LogP contribution in [0.2, 0.25) is 5.02 Å². The monoisotopic (exact) mass is 314 g/mol. The third kappa shape index (κ3) is 3.28. The number of rotatable bonds is 4. The van der Waals surface area contributed by atoms with Crippen LogP contribution in [0.15, 0.2) is 46.9 Å². The van der Waals surface area contributed by atoms with Gasteiger partial charge in [0.05, 0.1) is 0 Å². The molecule has 0 atom stereocenters. The van der Waals surface area contributed by atoms with E-state index in [1.807, 2.05) is 37.3 Å². The largest absolute Gasteiger partial charge is 0.484 e. The lowest BCUT2D eigenvalue weighted by Crippen LogP contribution is -1.96. The number of nitrogens with zero attached hydrogens (tertiary/aromatic N) is 2. The van der Waals surface area contributed by atoms with Crippen LogP contribution in [0, 0.1) is 13.8 Å². The Kier molecular flexibility index (Phi) is 4.11. The fraction of sp³-hybridized carbons (Fsp3) is 0.176. The van der Waals surface area contributed by atoms with Gasteiger partial charge in [-0.3, -0.25) is 0 Å². The summed E-state index contributed by atoms with van der Waals surface area (Å²) in [4.78, 5) is 0. The van der Waals surface area contributed by atoms with Crippen LogP contribution in [0.3, 0.4) is 0 Å². The van der Waals surface area contributed by atoms with Crippen LogP contribution in [-0.4, -0.2) is 10.2 Å². The van der Waals surface area contributed by atoms with Crippen LogP contribution in [0.4, 0.5) is 0 Å². The average Bonchev–Trinajstić information content (AvgIpc) is 2.98. The second-order valence-corrected chi connectivity index (χ2v) is 5.48. The minimum absolute atomic E-state index is 0.239. The molecule has 0 aliphatic rings. The van der Waals surface area contributed by atoms with Crippen LogP contribution < -0.4 is 4.74 Å². The van der Waals surface area contributed by atoms with Crippen LogP contribution in [-0.2, 0) is 6.61 Å². The Morgan fingerprint density at radius 2 is 1.77 bits per heavy atom. The highest BCUT2D eigenvalue weighted by Crippen LogP contribution is 2.21. The molecule has 0 fully saturated rings. The Morgan fingerprint density at radius 1 is 1.00 bits per heavy atom. The van der Waals surface area contributed by atoms with Gasteiger partial charge >= 0.3 is 0 Å². The molecule has 0 amide bonds.